The largest absolute Gasteiger partial charge is 0.462 e. The molecule has 0 aromatic heterocycles. The SMILES string of the molecule is CC1(C)CC(OC(=O)CC(C(=O)OC2CC(C)(C)NC(C)(C)C2Cc2ccccc2)C(CC(=O)OC2CC(C)(C)NC(C)(C)C2Cc2ccccc2)C(=O)OC2CC(C)(C)NC(C)(C)C2Cc2ccccc2)C(Cc2ccccc2)C(C)(C)N1. The molecule has 4 N–H and O–H groups in total. The highest BCUT2D eigenvalue weighted by molar-refractivity contribution is 5.89. The molecule has 0 saturated carbocycles. The maximum Gasteiger partial charge on any atom is 0.310 e. The van der Waals surface area contributed by atoms with Crippen LogP contribution in [0, 0.1) is 35.5 Å². The number of piperidine rings is 4. The molecule has 12 heteroatoms. The topological polar surface area (TPSA) is 153 Å². The lowest BCUT2D eigenvalue weighted by Gasteiger charge is -2.52. The molecule has 4 aliphatic rings. The molecule has 10 atom stereocenters. The molecule has 8 rings (SSSR count). The second-order valence-electron chi connectivity index (χ2n) is 30.6. The van der Waals surface area contributed by atoms with Crippen LogP contribution in [0.4, 0.5) is 0 Å². The van der Waals surface area contributed by atoms with Crippen LogP contribution in [0.15, 0.2) is 121 Å². The Morgan fingerprint density at radius 2 is 0.548 bits per heavy atom. The van der Waals surface area contributed by atoms with Crippen LogP contribution in [-0.2, 0) is 63.8 Å². The number of rotatable bonds is 19. The minimum Gasteiger partial charge on any atom is -0.462 e. The molecule has 4 saturated heterocycles. The van der Waals surface area contributed by atoms with Crippen molar-refractivity contribution in [2.45, 2.75) is 244 Å². The standard InChI is InChI=1S/C72H102N4O8/c1-65(2)43-57(53(69(9,10)73-65)37-47-29-21-17-22-30-47)81-61(77)41-51(63(79)83-59-45-67(5,6)75-71(13,14)55(59)39-49-33-25-19-26-34-49)52(64(80)84-60-46-68(7,8)76-72(15,16)56(60)40-50-35-27-20-28-36-50)42-62(78)82-58-44-66(3,4)74-70(11,12)54(58)38-48-31-23-18-24-32-48/h17-36,51-60,73-76H,37-46H2,1-16H3. The van der Waals surface area contributed by atoms with Crippen LogP contribution in [0.1, 0.15) is 172 Å². The number of carbonyl (C=O) groups excluding carboxylic acids is 4. The van der Waals surface area contributed by atoms with Gasteiger partial charge in [0.05, 0.1) is 24.7 Å². The molecule has 84 heavy (non-hydrogen) atoms. The normalized spacial score (nSPS) is 28.5. The molecule has 0 amide bonds. The zero-order chi connectivity index (χ0) is 61.3. The van der Waals surface area contributed by atoms with Gasteiger partial charge in [0.2, 0.25) is 0 Å². The summed E-state index contributed by atoms with van der Waals surface area (Å²) in [5.74, 6) is -6.55. The van der Waals surface area contributed by atoms with E-state index in [9.17, 15) is 0 Å². The highest BCUT2D eigenvalue weighted by atomic mass is 16.6. The molecular formula is C72H102N4O8. The third kappa shape index (κ3) is 16.6. The van der Waals surface area contributed by atoms with Gasteiger partial charge in [-0.25, -0.2) is 0 Å². The average molecular weight is 1150 g/mol. The first-order valence-electron chi connectivity index (χ1n) is 31.2. The highest BCUT2D eigenvalue weighted by Gasteiger charge is 2.54. The molecule has 12 nitrogen and oxygen atoms in total. The Morgan fingerprint density at radius 1 is 0.345 bits per heavy atom. The Balaban J connectivity index is 1.22. The van der Waals surface area contributed by atoms with Crippen LogP contribution in [0.3, 0.4) is 0 Å². The van der Waals surface area contributed by atoms with Crippen LogP contribution in [0.2, 0.25) is 0 Å². The van der Waals surface area contributed by atoms with Crippen molar-refractivity contribution in [2.24, 2.45) is 35.5 Å². The van der Waals surface area contributed by atoms with E-state index in [1.54, 1.807) is 0 Å². The zero-order valence-electron chi connectivity index (χ0n) is 53.7. The number of nitrogens with one attached hydrogen (secondary N) is 4. The second-order valence-corrected chi connectivity index (χ2v) is 30.6. The first-order chi connectivity index (χ1) is 39.1. The molecule has 0 spiro atoms. The first-order valence-corrected chi connectivity index (χ1v) is 31.2. The Bertz CT molecular complexity index is 2670. The average Bonchev–Trinajstić information content (AvgIpc) is 3.32. The monoisotopic (exact) mass is 1150 g/mol. The minimum absolute atomic E-state index is 0.161. The lowest BCUT2D eigenvalue weighted by atomic mass is 9.70. The van der Waals surface area contributed by atoms with E-state index >= 15 is 19.2 Å². The van der Waals surface area contributed by atoms with Crippen molar-refractivity contribution in [1.29, 1.82) is 0 Å². The van der Waals surface area contributed by atoms with Gasteiger partial charge < -0.3 is 40.2 Å². The molecule has 4 aromatic rings. The van der Waals surface area contributed by atoms with Crippen LogP contribution < -0.4 is 21.3 Å². The summed E-state index contributed by atoms with van der Waals surface area (Å²) in [4.78, 5) is 63.0. The summed E-state index contributed by atoms with van der Waals surface area (Å²) in [5.41, 5.74) is 0.673. The van der Waals surface area contributed by atoms with Crippen LogP contribution in [-0.4, -0.2) is 92.6 Å². The number of ether oxygens (including phenoxy) is 4. The van der Waals surface area contributed by atoms with Crippen LogP contribution in [0.5, 0.6) is 0 Å². The summed E-state index contributed by atoms with van der Waals surface area (Å²) in [6, 6.07) is 40.8. The third-order valence-corrected chi connectivity index (χ3v) is 19.2. The molecule has 4 aromatic carbocycles. The van der Waals surface area contributed by atoms with E-state index in [-0.39, 0.29) is 23.7 Å². The van der Waals surface area contributed by atoms with Gasteiger partial charge >= 0.3 is 23.9 Å². The summed E-state index contributed by atoms with van der Waals surface area (Å²) < 4.78 is 27.4. The molecule has 0 aliphatic carbocycles. The number of benzene rings is 4. The lowest BCUT2D eigenvalue weighted by Crippen LogP contribution is -2.66. The molecule has 4 aliphatic heterocycles. The van der Waals surface area contributed by atoms with Gasteiger partial charge in [0, 0.05) is 93.7 Å². The number of carbonyl (C=O) groups is 4. The van der Waals surface area contributed by atoms with Gasteiger partial charge in [0.15, 0.2) is 0 Å². The van der Waals surface area contributed by atoms with Crippen molar-refractivity contribution in [3.63, 3.8) is 0 Å². The van der Waals surface area contributed by atoms with Crippen molar-refractivity contribution in [2.75, 3.05) is 0 Å². The molecule has 4 heterocycles. The Morgan fingerprint density at radius 3 is 0.762 bits per heavy atom. The van der Waals surface area contributed by atoms with Crippen molar-refractivity contribution in [3.05, 3.63) is 144 Å². The van der Waals surface area contributed by atoms with E-state index in [0.29, 0.717) is 51.4 Å². The van der Waals surface area contributed by atoms with Crippen LogP contribution in [0.25, 0.3) is 0 Å². The predicted octanol–water partition coefficient (Wildman–Crippen LogP) is 12.3. The van der Waals surface area contributed by atoms with Gasteiger partial charge in [-0.2, -0.15) is 0 Å². The van der Waals surface area contributed by atoms with Gasteiger partial charge in [-0.1, -0.05) is 121 Å². The van der Waals surface area contributed by atoms with Crippen molar-refractivity contribution >= 4 is 23.9 Å². The Labute approximate surface area is 503 Å². The van der Waals surface area contributed by atoms with Gasteiger partial charge in [0.1, 0.15) is 24.4 Å². The molecule has 0 bridgehead atoms. The summed E-state index contributed by atoms with van der Waals surface area (Å²) in [6.45, 7) is 34.1. The fourth-order valence-electron chi connectivity index (χ4n) is 16.1. The van der Waals surface area contributed by atoms with Gasteiger partial charge in [0.25, 0.3) is 0 Å². The first kappa shape index (κ1) is 64.6. The van der Waals surface area contributed by atoms with Crippen molar-refractivity contribution in [3.8, 4) is 0 Å². The molecule has 0 radical (unpaired) electrons. The van der Waals surface area contributed by atoms with E-state index in [1.807, 2.05) is 72.8 Å². The summed E-state index contributed by atoms with van der Waals surface area (Å²) >= 11 is 0. The molecule has 10 unspecified atom stereocenters. The van der Waals surface area contributed by atoms with E-state index in [1.165, 1.54) is 0 Å². The Kier molecular flexibility index (Phi) is 19.3. The van der Waals surface area contributed by atoms with Gasteiger partial charge in [-0.3, -0.25) is 19.2 Å². The van der Waals surface area contributed by atoms with Crippen molar-refractivity contribution in [1.82, 2.24) is 21.3 Å². The lowest BCUT2D eigenvalue weighted by molar-refractivity contribution is -0.183. The fourth-order valence-corrected chi connectivity index (χ4v) is 16.1. The maximum absolute atomic E-state index is 16.1. The number of hydrogen-bond donors (Lipinski definition) is 4. The predicted molar refractivity (Wildman–Crippen MR) is 334 cm³/mol. The molecule has 4 fully saturated rings. The highest BCUT2D eigenvalue weighted by Crippen LogP contribution is 2.44. The molecule has 458 valence electrons. The summed E-state index contributed by atoms with van der Waals surface area (Å²) in [5, 5.41) is 15.4. The van der Waals surface area contributed by atoms with E-state index in [4.69, 9.17) is 18.9 Å². The zero-order valence-corrected chi connectivity index (χ0v) is 53.7. The summed E-state index contributed by atoms with van der Waals surface area (Å²) in [6.07, 6.45) is 0.896. The smallest absolute Gasteiger partial charge is 0.310 e. The maximum atomic E-state index is 16.1. The number of hydrogen-bond acceptors (Lipinski definition) is 12. The quantitative estimate of drug-likeness (QED) is 0.0522. The van der Waals surface area contributed by atoms with Crippen LogP contribution >= 0.6 is 0 Å². The fraction of sp³-hybridized carbons (Fsp3) is 0.611. The third-order valence-electron chi connectivity index (χ3n) is 19.2. The van der Waals surface area contributed by atoms with Gasteiger partial charge in [-0.15, -0.1) is 0 Å². The number of esters is 4. The summed E-state index contributed by atoms with van der Waals surface area (Å²) in [7, 11) is 0. The van der Waals surface area contributed by atoms with Crippen molar-refractivity contribution < 1.29 is 38.1 Å². The van der Waals surface area contributed by atoms with Gasteiger partial charge in [-0.05, 0) is 159 Å². The van der Waals surface area contributed by atoms with E-state index in [0.717, 1.165) is 22.3 Å². The Hall–Kier alpha value is -5.40. The van der Waals surface area contributed by atoms with E-state index in [2.05, 4.69) is 181 Å². The second kappa shape index (κ2) is 25.1. The van der Waals surface area contributed by atoms with E-state index < -0.39 is 117 Å². The minimum atomic E-state index is -1.50. The molecular weight excluding hydrogens is 1050 g/mol.